The highest BCUT2D eigenvalue weighted by atomic mass is 16.6. The third-order valence-corrected chi connectivity index (χ3v) is 2.72. The molecule has 0 atom stereocenters. The van der Waals surface area contributed by atoms with Crippen molar-refractivity contribution in [2.45, 2.75) is 40.5 Å². The summed E-state index contributed by atoms with van der Waals surface area (Å²) < 4.78 is 10.2. The lowest BCUT2D eigenvalue weighted by molar-refractivity contribution is -0.156. The average molecular weight is 202 g/mol. The van der Waals surface area contributed by atoms with Crippen molar-refractivity contribution in [3.8, 4) is 0 Å². The molecule has 3 heteroatoms. The molecular formula is C11H22O3. The molecule has 3 nitrogen and oxygen atoms in total. The van der Waals surface area contributed by atoms with E-state index >= 15 is 0 Å². The van der Waals surface area contributed by atoms with Crippen molar-refractivity contribution in [2.75, 3.05) is 19.8 Å². The summed E-state index contributed by atoms with van der Waals surface area (Å²) >= 11 is 0. The van der Waals surface area contributed by atoms with Crippen molar-refractivity contribution in [3.63, 3.8) is 0 Å². The maximum Gasteiger partial charge on any atom is 0.311 e. The van der Waals surface area contributed by atoms with Crippen LogP contribution in [0.15, 0.2) is 0 Å². The van der Waals surface area contributed by atoms with Crippen LogP contribution in [0.3, 0.4) is 0 Å². The molecule has 0 aliphatic heterocycles. The summed E-state index contributed by atoms with van der Waals surface area (Å²) in [4.78, 5) is 11.6. The van der Waals surface area contributed by atoms with E-state index in [2.05, 4.69) is 0 Å². The van der Waals surface area contributed by atoms with Crippen LogP contribution < -0.4 is 0 Å². The van der Waals surface area contributed by atoms with E-state index in [-0.39, 0.29) is 11.4 Å². The fraction of sp³-hybridized carbons (Fsp3) is 0.909. The minimum atomic E-state index is -0.327. The molecule has 0 aliphatic rings. The smallest absolute Gasteiger partial charge is 0.311 e. The molecule has 0 amide bonds. The standard InChI is InChI=1S/C11H22O3/c1-5-11(4,6-2)10(12)14-9-8-13-7-3/h5-9H2,1-4H3. The van der Waals surface area contributed by atoms with Gasteiger partial charge in [-0.3, -0.25) is 4.79 Å². The number of carbonyl (C=O) groups is 1. The number of hydrogen-bond donors (Lipinski definition) is 0. The minimum absolute atomic E-state index is 0.109. The summed E-state index contributed by atoms with van der Waals surface area (Å²) in [5, 5.41) is 0. The van der Waals surface area contributed by atoms with Gasteiger partial charge in [-0.15, -0.1) is 0 Å². The van der Waals surface area contributed by atoms with Gasteiger partial charge >= 0.3 is 5.97 Å². The lowest BCUT2D eigenvalue weighted by Crippen LogP contribution is -2.29. The molecule has 0 radical (unpaired) electrons. The summed E-state index contributed by atoms with van der Waals surface area (Å²) in [6.45, 7) is 9.39. The van der Waals surface area contributed by atoms with Crippen molar-refractivity contribution >= 4 is 5.97 Å². The molecule has 0 unspecified atom stereocenters. The van der Waals surface area contributed by atoms with Gasteiger partial charge in [-0.2, -0.15) is 0 Å². The monoisotopic (exact) mass is 202 g/mol. The fourth-order valence-electron chi connectivity index (χ4n) is 1.05. The molecule has 84 valence electrons. The van der Waals surface area contributed by atoms with Crippen LogP contribution in [0.2, 0.25) is 0 Å². The third-order valence-electron chi connectivity index (χ3n) is 2.72. The van der Waals surface area contributed by atoms with Crippen LogP contribution in [0.25, 0.3) is 0 Å². The van der Waals surface area contributed by atoms with E-state index in [1.54, 1.807) is 0 Å². The normalized spacial score (nSPS) is 11.4. The minimum Gasteiger partial charge on any atom is -0.463 e. The number of carbonyl (C=O) groups excluding carboxylic acids is 1. The van der Waals surface area contributed by atoms with Crippen molar-refractivity contribution in [1.29, 1.82) is 0 Å². The third kappa shape index (κ3) is 4.09. The maximum absolute atomic E-state index is 11.6. The van der Waals surface area contributed by atoms with Gasteiger partial charge in [-0.25, -0.2) is 0 Å². The molecule has 0 N–H and O–H groups in total. The largest absolute Gasteiger partial charge is 0.463 e. The lowest BCUT2D eigenvalue weighted by Gasteiger charge is -2.23. The summed E-state index contributed by atoms with van der Waals surface area (Å²) in [5.74, 6) is -0.109. The maximum atomic E-state index is 11.6. The van der Waals surface area contributed by atoms with E-state index in [0.717, 1.165) is 12.8 Å². The Kier molecular flexibility index (Phi) is 6.54. The average Bonchev–Trinajstić information content (AvgIpc) is 2.22. The first kappa shape index (κ1) is 13.4. The van der Waals surface area contributed by atoms with Crippen LogP contribution in [0, 0.1) is 5.41 Å². The van der Waals surface area contributed by atoms with E-state index in [9.17, 15) is 4.79 Å². The fourth-order valence-corrected chi connectivity index (χ4v) is 1.05. The van der Waals surface area contributed by atoms with Crippen LogP contribution in [0.5, 0.6) is 0 Å². The van der Waals surface area contributed by atoms with Crippen LogP contribution in [-0.4, -0.2) is 25.8 Å². The first-order valence-electron chi connectivity index (χ1n) is 5.35. The predicted molar refractivity (Wildman–Crippen MR) is 56.1 cm³/mol. The van der Waals surface area contributed by atoms with Crippen LogP contribution in [0.4, 0.5) is 0 Å². The van der Waals surface area contributed by atoms with Gasteiger partial charge in [0.05, 0.1) is 12.0 Å². The van der Waals surface area contributed by atoms with Crippen molar-refractivity contribution in [2.24, 2.45) is 5.41 Å². The second-order valence-electron chi connectivity index (χ2n) is 3.60. The molecule has 14 heavy (non-hydrogen) atoms. The first-order chi connectivity index (χ1) is 6.60. The molecule has 0 rings (SSSR count). The van der Waals surface area contributed by atoms with Gasteiger partial charge in [0.15, 0.2) is 0 Å². The zero-order valence-corrected chi connectivity index (χ0v) is 9.76. The molecule has 0 aromatic rings. The molecule has 0 saturated carbocycles. The highest BCUT2D eigenvalue weighted by molar-refractivity contribution is 5.76. The summed E-state index contributed by atoms with van der Waals surface area (Å²) in [5.41, 5.74) is -0.327. The van der Waals surface area contributed by atoms with E-state index in [1.165, 1.54) is 0 Å². The van der Waals surface area contributed by atoms with Gasteiger partial charge in [0.2, 0.25) is 0 Å². The topological polar surface area (TPSA) is 35.5 Å². The summed E-state index contributed by atoms with van der Waals surface area (Å²) in [6.07, 6.45) is 1.63. The van der Waals surface area contributed by atoms with Crippen LogP contribution in [-0.2, 0) is 14.3 Å². The highest BCUT2D eigenvalue weighted by Gasteiger charge is 2.30. The van der Waals surface area contributed by atoms with Crippen molar-refractivity contribution < 1.29 is 14.3 Å². The molecule has 0 heterocycles. The molecule has 0 spiro atoms. The van der Waals surface area contributed by atoms with E-state index in [1.807, 2.05) is 27.7 Å². The molecule has 0 aromatic heterocycles. The van der Waals surface area contributed by atoms with Crippen molar-refractivity contribution in [3.05, 3.63) is 0 Å². The van der Waals surface area contributed by atoms with Crippen molar-refractivity contribution in [1.82, 2.24) is 0 Å². The molecule has 0 aliphatic carbocycles. The van der Waals surface area contributed by atoms with E-state index in [4.69, 9.17) is 9.47 Å². The Bertz CT molecular complexity index is 162. The quantitative estimate of drug-likeness (QED) is 0.469. The van der Waals surface area contributed by atoms with Crippen LogP contribution in [0.1, 0.15) is 40.5 Å². The Labute approximate surface area is 86.8 Å². The molecule has 0 saturated heterocycles. The summed E-state index contributed by atoms with van der Waals surface area (Å²) in [6, 6.07) is 0. The second kappa shape index (κ2) is 6.82. The predicted octanol–water partition coefficient (Wildman–Crippen LogP) is 2.39. The lowest BCUT2D eigenvalue weighted by atomic mass is 9.85. The highest BCUT2D eigenvalue weighted by Crippen LogP contribution is 2.26. The van der Waals surface area contributed by atoms with E-state index < -0.39 is 0 Å². The van der Waals surface area contributed by atoms with Gasteiger partial charge in [0.25, 0.3) is 0 Å². The molecule has 0 fully saturated rings. The van der Waals surface area contributed by atoms with Gasteiger partial charge in [0.1, 0.15) is 6.61 Å². The number of rotatable bonds is 7. The Balaban J connectivity index is 3.82. The van der Waals surface area contributed by atoms with E-state index in [0.29, 0.717) is 19.8 Å². The van der Waals surface area contributed by atoms with Gasteiger partial charge in [-0.1, -0.05) is 13.8 Å². The van der Waals surface area contributed by atoms with Gasteiger partial charge in [-0.05, 0) is 26.7 Å². The van der Waals surface area contributed by atoms with Crippen LogP contribution >= 0.6 is 0 Å². The number of esters is 1. The second-order valence-corrected chi connectivity index (χ2v) is 3.60. The van der Waals surface area contributed by atoms with Gasteiger partial charge < -0.3 is 9.47 Å². The Morgan fingerprint density at radius 2 is 1.71 bits per heavy atom. The zero-order chi connectivity index (χ0) is 11.0. The number of ether oxygens (including phenoxy) is 2. The summed E-state index contributed by atoms with van der Waals surface area (Å²) in [7, 11) is 0. The zero-order valence-electron chi connectivity index (χ0n) is 9.76. The molecular weight excluding hydrogens is 180 g/mol. The number of hydrogen-bond acceptors (Lipinski definition) is 3. The molecule has 0 bridgehead atoms. The Morgan fingerprint density at radius 3 is 2.14 bits per heavy atom. The SMILES string of the molecule is CCOCCOC(=O)C(C)(CC)CC. The van der Waals surface area contributed by atoms with Gasteiger partial charge in [0, 0.05) is 6.61 Å². The Morgan fingerprint density at radius 1 is 1.14 bits per heavy atom. The molecule has 0 aromatic carbocycles. The first-order valence-corrected chi connectivity index (χ1v) is 5.35. The Hall–Kier alpha value is -0.570.